The van der Waals surface area contributed by atoms with Crippen LogP contribution < -0.4 is 15.1 Å². The molecule has 1 aliphatic carbocycles. The number of carbonyl (C=O) groups is 3. The normalized spacial score (nSPS) is 16.3. The summed E-state index contributed by atoms with van der Waals surface area (Å²) in [6.07, 6.45) is -1.63. The van der Waals surface area contributed by atoms with Crippen molar-refractivity contribution in [1.29, 1.82) is 0 Å². The molecule has 1 aromatic heterocycles. The zero-order chi connectivity index (χ0) is 30.5. The largest absolute Gasteiger partial charge is 0.407 e. The molecule has 1 saturated heterocycles. The summed E-state index contributed by atoms with van der Waals surface area (Å²) in [7, 11) is 0. The second-order valence-corrected chi connectivity index (χ2v) is 10.4. The first-order chi connectivity index (χ1) is 20.5. The molecule has 2 fully saturated rings. The second kappa shape index (κ2) is 10.2. The number of amides is 4. The molecule has 1 saturated carbocycles. The van der Waals surface area contributed by atoms with E-state index in [9.17, 15) is 27.6 Å². The van der Waals surface area contributed by atoms with Crippen molar-refractivity contribution in [3.63, 3.8) is 0 Å². The molecule has 2 aliphatic rings. The fourth-order valence-corrected chi connectivity index (χ4v) is 5.82. The number of fused-ring (bicyclic) bond motifs is 1. The van der Waals surface area contributed by atoms with Gasteiger partial charge in [-0.2, -0.15) is 18.3 Å². The number of aromatic nitrogens is 2. The summed E-state index contributed by atoms with van der Waals surface area (Å²) in [5.41, 5.74) is -2.33. The van der Waals surface area contributed by atoms with Gasteiger partial charge in [0.25, 0.3) is 11.8 Å². The molecule has 4 aromatic rings. The van der Waals surface area contributed by atoms with E-state index in [1.54, 1.807) is 24.4 Å². The zero-order valence-electron chi connectivity index (χ0n) is 22.3. The van der Waals surface area contributed by atoms with E-state index in [1.165, 1.54) is 12.1 Å². The number of alkyl halides is 3. The number of urea groups is 1. The van der Waals surface area contributed by atoms with Gasteiger partial charge in [0.1, 0.15) is 11.4 Å². The predicted molar refractivity (Wildman–Crippen MR) is 148 cm³/mol. The van der Waals surface area contributed by atoms with Crippen LogP contribution in [0, 0.1) is 12.4 Å². The number of carbonyl (C=O) groups excluding carboxylic acids is 3. The van der Waals surface area contributed by atoms with Gasteiger partial charge in [-0.3, -0.25) is 19.6 Å². The average molecular weight is 591 g/mol. The Labute approximate surface area is 241 Å². The number of H-pyrrole nitrogens is 1. The van der Waals surface area contributed by atoms with E-state index >= 15 is 4.39 Å². The van der Waals surface area contributed by atoms with E-state index in [4.69, 9.17) is 6.57 Å². The van der Waals surface area contributed by atoms with Crippen molar-refractivity contribution in [2.45, 2.75) is 43.9 Å². The molecule has 2 heterocycles. The Kier molecular flexibility index (Phi) is 6.64. The SMILES string of the molecule is [C-]#[N+]c1ccc(N2C(=O)N(c3ccc(CNC(=O)c4ccc5[nH]ncc5c4)c(F)c3)C3(CCCC3)C2=O)cc1C(F)(F)F. The topological polar surface area (TPSA) is 103 Å². The maximum absolute atomic E-state index is 15.4. The van der Waals surface area contributed by atoms with Crippen LogP contribution in [0.5, 0.6) is 0 Å². The molecule has 0 radical (unpaired) electrons. The monoisotopic (exact) mass is 590 g/mol. The highest BCUT2D eigenvalue weighted by atomic mass is 19.4. The summed E-state index contributed by atoms with van der Waals surface area (Å²) in [6.45, 7) is 6.90. The first kappa shape index (κ1) is 27.9. The number of rotatable bonds is 5. The van der Waals surface area contributed by atoms with Crippen LogP contribution in [0.25, 0.3) is 15.7 Å². The van der Waals surface area contributed by atoms with Gasteiger partial charge in [-0.1, -0.05) is 25.0 Å². The van der Waals surface area contributed by atoms with Crippen LogP contribution in [0.3, 0.4) is 0 Å². The Balaban J connectivity index is 1.28. The van der Waals surface area contributed by atoms with Gasteiger partial charge >= 0.3 is 12.2 Å². The average Bonchev–Trinajstić information content (AvgIpc) is 3.70. The van der Waals surface area contributed by atoms with Gasteiger partial charge in [0.2, 0.25) is 0 Å². The number of nitrogens with one attached hydrogen (secondary N) is 2. The van der Waals surface area contributed by atoms with Crippen molar-refractivity contribution in [3.05, 3.63) is 94.7 Å². The third kappa shape index (κ3) is 4.64. The van der Waals surface area contributed by atoms with Crippen LogP contribution >= 0.6 is 0 Å². The maximum atomic E-state index is 15.4. The Hall–Kier alpha value is -5.25. The third-order valence-corrected chi connectivity index (χ3v) is 7.94. The lowest BCUT2D eigenvalue weighted by molar-refractivity contribution is -0.136. The molecule has 3 aromatic carbocycles. The smallest absolute Gasteiger partial charge is 0.348 e. The number of hydrogen-bond acceptors (Lipinski definition) is 4. The Morgan fingerprint density at radius 3 is 2.49 bits per heavy atom. The number of benzene rings is 3. The standard InChI is InChI=1S/C30H22F4N6O3/c1-35-25-9-7-20(13-22(25)30(32,33)34)39-27(42)29(10-2-3-11-29)40(28(39)43)21-6-4-18(23(31)14-21)15-36-26(41)17-5-8-24-19(12-17)16-37-38-24/h4-9,12-14,16H,2-3,10-11,15H2,(H,36,41)(H,37,38). The van der Waals surface area contributed by atoms with E-state index in [1.807, 2.05) is 0 Å². The van der Waals surface area contributed by atoms with Crippen LogP contribution in [0.15, 0.2) is 60.8 Å². The molecular weight excluding hydrogens is 568 g/mol. The van der Waals surface area contributed by atoms with Crippen molar-refractivity contribution in [3.8, 4) is 0 Å². The summed E-state index contributed by atoms with van der Waals surface area (Å²) < 4.78 is 56.3. The van der Waals surface area contributed by atoms with Gasteiger partial charge in [0.15, 0.2) is 5.69 Å². The minimum Gasteiger partial charge on any atom is -0.348 e. The van der Waals surface area contributed by atoms with Crippen molar-refractivity contribution in [2.24, 2.45) is 0 Å². The summed E-state index contributed by atoms with van der Waals surface area (Å²) in [5, 5.41) is 10.1. The van der Waals surface area contributed by atoms with E-state index < -0.39 is 46.6 Å². The van der Waals surface area contributed by atoms with E-state index in [2.05, 4.69) is 20.4 Å². The van der Waals surface area contributed by atoms with Gasteiger partial charge in [0, 0.05) is 28.7 Å². The molecule has 218 valence electrons. The molecular formula is C30H22F4N6O3. The highest BCUT2D eigenvalue weighted by molar-refractivity contribution is 6.30. The van der Waals surface area contributed by atoms with Crippen LogP contribution in [-0.4, -0.2) is 33.6 Å². The second-order valence-electron chi connectivity index (χ2n) is 10.4. The van der Waals surface area contributed by atoms with E-state index in [0.717, 1.165) is 34.0 Å². The number of aromatic amines is 1. The lowest BCUT2D eigenvalue weighted by atomic mass is 9.94. The number of nitrogens with zero attached hydrogens (tertiary/aromatic N) is 4. The maximum Gasteiger partial charge on any atom is 0.407 e. The number of imide groups is 1. The minimum absolute atomic E-state index is 0.0644. The molecule has 9 nitrogen and oxygen atoms in total. The minimum atomic E-state index is -4.88. The molecule has 0 bridgehead atoms. The molecule has 0 unspecified atom stereocenters. The van der Waals surface area contributed by atoms with Crippen molar-refractivity contribution < 1.29 is 31.9 Å². The highest BCUT2D eigenvalue weighted by Gasteiger charge is 2.59. The predicted octanol–water partition coefficient (Wildman–Crippen LogP) is 6.49. The third-order valence-electron chi connectivity index (χ3n) is 7.94. The zero-order valence-corrected chi connectivity index (χ0v) is 22.3. The van der Waals surface area contributed by atoms with Gasteiger partial charge in [0.05, 0.1) is 29.5 Å². The van der Waals surface area contributed by atoms with Crippen LogP contribution in [-0.2, 0) is 17.5 Å². The Morgan fingerprint density at radius 2 is 1.79 bits per heavy atom. The van der Waals surface area contributed by atoms with Crippen molar-refractivity contribution >= 4 is 45.8 Å². The van der Waals surface area contributed by atoms with Crippen LogP contribution in [0.1, 0.15) is 47.2 Å². The molecule has 1 aliphatic heterocycles. The molecule has 0 atom stereocenters. The first-order valence-corrected chi connectivity index (χ1v) is 13.3. The molecule has 1 spiro atoms. The summed E-state index contributed by atoms with van der Waals surface area (Å²) in [5.74, 6) is -1.88. The van der Waals surface area contributed by atoms with E-state index in [0.29, 0.717) is 29.4 Å². The number of halogens is 4. The fourth-order valence-electron chi connectivity index (χ4n) is 5.82. The Bertz CT molecular complexity index is 1840. The van der Waals surface area contributed by atoms with Crippen LogP contribution in [0.2, 0.25) is 0 Å². The molecule has 4 amide bonds. The molecule has 2 N–H and O–H groups in total. The van der Waals surface area contributed by atoms with E-state index in [-0.39, 0.29) is 36.3 Å². The van der Waals surface area contributed by atoms with Crippen molar-refractivity contribution in [1.82, 2.24) is 15.5 Å². The van der Waals surface area contributed by atoms with Crippen LogP contribution in [0.4, 0.5) is 39.4 Å². The fraction of sp³-hybridized carbons (Fsp3) is 0.233. The quantitative estimate of drug-likeness (QED) is 0.158. The number of hydrogen-bond donors (Lipinski definition) is 2. The summed E-state index contributed by atoms with van der Waals surface area (Å²) >= 11 is 0. The summed E-state index contributed by atoms with van der Waals surface area (Å²) in [6, 6.07) is 10.6. The lowest BCUT2D eigenvalue weighted by Crippen LogP contribution is -2.47. The van der Waals surface area contributed by atoms with Gasteiger partial charge in [-0.25, -0.2) is 18.9 Å². The van der Waals surface area contributed by atoms with Gasteiger partial charge in [-0.05, 0) is 55.3 Å². The van der Waals surface area contributed by atoms with Gasteiger partial charge in [-0.15, -0.1) is 0 Å². The number of anilines is 2. The molecule has 13 heteroatoms. The van der Waals surface area contributed by atoms with Gasteiger partial charge < -0.3 is 5.32 Å². The molecule has 43 heavy (non-hydrogen) atoms. The summed E-state index contributed by atoms with van der Waals surface area (Å²) in [4.78, 5) is 44.9. The van der Waals surface area contributed by atoms with Crippen molar-refractivity contribution in [2.75, 3.05) is 9.80 Å². The molecule has 6 rings (SSSR count). The lowest BCUT2D eigenvalue weighted by Gasteiger charge is -2.31. The Morgan fingerprint density at radius 1 is 1.05 bits per heavy atom. The first-order valence-electron chi connectivity index (χ1n) is 13.3. The highest BCUT2D eigenvalue weighted by Crippen LogP contribution is 2.47.